The van der Waals surface area contributed by atoms with Crippen molar-refractivity contribution in [2.75, 3.05) is 13.7 Å². The van der Waals surface area contributed by atoms with Crippen molar-refractivity contribution in [3.8, 4) is 11.8 Å². The van der Waals surface area contributed by atoms with E-state index < -0.39 is 18.8 Å². The van der Waals surface area contributed by atoms with Gasteiger partial charge in [-0.25, -0.2) is 4.79 Å². The van der Waals surface area contributed by atoms with Crippen molar-refractivity contribution in [2.45, 2.75) is 37.9 Å². The van der Waals surface area contributed by atoms with Crippen molar-refractivity contribution in [3.05, 3.63) is 0 Å². The van der Waals surface area contributed by atoms with Crippen LogP contribution in [0.5, 0.6) is 0 Å². The van der Waals surface area contributed by atoms with E-state index in [9.17, 15) is 18.0 Å². The highest BCUT2D eigenvalue weighted by atomic mass is 19.4. The molecular formula is C12H16F3NO2. The summed E-state index contributed by atoms with van der Waals surface area (Å²) < 4.78 is 39.3. The Morgan fingerprint density at radius 1 is 1.33 bits per heavy atom. The zero-order chi connectivity index (χ0) is 13.6. The molecule has 3 nitrogen and oxygen atoms in total. The molecule has 0 radical (unpaired) electrons. The Balaban J connectivity index is 2.25. The van der Waals surface area contributed by atoms with Gasteiger partial charge >= 0.3 is 12.1 Å². The van der Waals surface area contributed by atoms with Gasteiger partial charge in [0.1, 0.15) is 0 Å². The Labute approximate surface area is 104 Å². The molecule has 1 fully saturated rings. The molecule has 0 bridgehead atoms. The van der Waals surface area contributed by atoms with Crippen molar-refractivity contribution in [3.63, 3.8) is 0 Å². The average molecular weight is 263 g/mol. The zero-order valence-corrected chi connectivity index (χ0v) is 10.1. The number of ether oxygens (including phenoxy) is 1. The highest BCUT2D eigenvalue weighted by molar-refractivity contribution is 5.75. The van der Waals surface area contributed by atoms with E-state index in [4.69, 9.17) is 0 Å². The Morgan fingerprint density at radius 2 is 1.94 bits per heavy atom. The van der Waals surface area contributed by atoms with Gasteiger partial charge in [-0.05, 0) is 32.7 Å². The van der Waals surface area contributed by atoms with E-state index >= 15 is 0 Å². The average Bonchev–Trinajstić information content (AvgIpc) is 2.34. The van der Waals surface area contributed by atoms with Crippen LogP contribution in [0.1, 0.15) is 25.7 Å². The normalized spacial score (nSPS) is 24.0. The molecule has 0 unspecified atom stereocenters. The minimum Gasteiger partial charge on any atom is -0.446 e. The SMILES string of the molecule is CNC1CCC(C#CCOC(=O)C(F)(F)F)CC1. The highest BCUT2D eigenvalue weighted by Crippen LogP contribution is 2.23. The van der Waals surface area contributed by atoms with Gasteiger partial charge in [0.25, 0.3) is 0 Å². The lowest BCUT2D eigenvalue weighted by Crippen LogP contribution is -2.29. The Bertz CT molecular complexity index is 335. The van der Waals surface area contributed by atoms with Gasteiger partial charge in [-0.1, -0.05) is 11.8 Å². The number of carbonyl (C=O) groups is 1. The van der Waals surface area contributed by atoms with Gasteiger partial charge in [-0.3, -0.25) is 0 Å². The second-order valence-corrected chi connectivity index (χ2v) is 4.23. The zero-order valence-electron chi connectivity index (χ0n) is 10.1. The summed E-state index contributed by atoms with van der Waals surface area (Å²) in [4.78, 5) is 10.4. The summed E-state index contributed by atoms with van der Waals surface area (Å²) in [7, 11) is 1.91. The molecule has 1 aliphatic rings. The van der Waals surface area contributed by atoms with Crippen LogP contribution in [-0.2, 0) is 9.53 Å². The summed E-state index contributed by atoms with van der Waals surface area (Å²) in [6.07, 6.45) is -1.07. The summed E-state index contributed by atoms with van der Waals surface area (Å²) in [5.41, 5.74) is 0. The van der Waals surface area contributed by atoms with Gasteiger partial charge in [-0.2, -0.15) is 13.2 Å². The fourth-order valence-corrected chi connectivity index (χ4v) is 1.90. The fourth-order valence-electron chi connectivity index (χ4n) is 1.90. The number of nitrogens with one attached hydrogen (secondary N) is 1. The first kappa shape index (κ1) is 14.8. The number of alkyl halides is 3. The second kappa shape index (κ2) is 6.64. The number of rotatable bonds is 2. The monoisotopic (exact) mass is 263 g/mol. The van der Waals surface area contributed by atoms with Crippen LogP contribution in [0.2, 0.25) is 0 Å². The first-order valence-corrected chi connectivity index (χ1v) is 5.83. The van der Waals surface area contributed by atoms with Crippen LogP contribution in [0.3, 0.4) is 0 Å². The lowest BCUT2D eigenvalue weighted by Gasteiger charge is -2.24. The number of halogens is 3. The number of hydrogen-bond donors (Lipinski definition) is 1. The predicted octanol–water partition coefficient (Wildman–Crippen LogP) is 1.87. The van der Waals surface area contributed by atoms with E-state index in [2.05, 4.69) is 21.9 Å². The molecule has 0 aliphatic heterocycles. The predicted molar refractivity (Wildman–Crippen MR) is 59.6 cm³/mol. The molecule has 1 rings (SSSR count). The topological polar surface area (TPSA) is 38.3 Å². The van der Waals surface area contributed by atoms with Crippen molar-refractivity contribution < 1.29 is 22.7 Å². The van der Waals surface area contributed by atoms with E-state index in [0.29, 0.717) is 6.04 Å². The third kappa shape index (κ3) is 4.96. The molecule has 0 spiro atoms. The Morgan fingerprint density at radius 3 is 2.44 bits per heavy atom. The van der Waals surface area contributed by atoms with Crippen molar-refractivity contribution in [2.24, 2.45) is 5.92 Å². The summed E-state index contributed by atoms with van der Waals surface area (Å²) in [6, 6.07) is 0.506. The molecule has 0 saturated heterocycles. The molecule has 1 saturated carbocycles. The molecule has 18 heavy (non-hydrogen) atoms. The van der Waals surface area contributed by atoms with Crippen molar-refractivity contribution >= 4 is 5.97 Å². The molecule has 102 valence electrons. The third-order valence-electron chi connectivity index (χ3n) is 2.95. The molecule has 6 heteroatoms. The molecular weight excluding hydrogens is 247 g/mol. The van der Waals surface area contributed by atoms with Gasteiger partial charge < -0.3 is 10.1 Å². The molecule has 0 aromatic heterocycles. The highest BCUT2D eigenvalue weighted by Gasteiger charge is 2.40. The summed E-state index contributed by atoms with van der Waals surface area (Å²) in [5, 5.41) is 3.18. The van der Waals surface area contributed by atoms with E-state index in [-0.39, 0.29) is 5.92 Å². The van der Waals surface area contributed by atoms with Crippen LogP contribution in [0.4, 0.5) is 13.2 Å². The van der Waals surface area contributed by atoms with Crippen LogP contribution in [0.15, 0.2) is 0 Å². The van der Waals surface area contributed by atoms with Crippen LogP contribution in [0.25, 0.3) is 0 Å². The smallest absolute Gasteiger partial charge is 0.446 e. The van der Waals surface area contributed by atoms with Gasteiger partial charge in [0.15, 0.2) is 6.61 Å². The van der Waals surface area contributed by atoms with Crippen LogP contribution in [0, 0.1) is 17.8 Å². The third-order valence-corrected chi connectivity index (χ3v) is 2.95. The number of hydrogen-bond acceptors (Lipinski definition) is 3. The van der Waals surface area contributed by atoms with Gasteiger partial charge in [-0.15, -0.1) is 0 Å². The maximum atomic E-state index is 11.8. The second-order valence-electron chi connectivity index (χ2n) is 4.23. The van der Waals surface area contributed by atoms with Gasteiger partial charge in [0.2, 0.25) is 0 Å². The van der Waals surface area contributed by atoms with Crippen molar-refractivity contribution in [1.82, 2.24) is 5.32 Å². The standard InChI is InChI=1S/C12H16F3NO2/c1-16-10-6-4-9(5-7-10)3-2-8-18-11(17)12(13,14)15/h9-10,16H,4-8H2,1H3. The molecule has 0 aromatic carbocycles. The lowest BCUT2D eigenvalue weighted by atomic mass is 9.86. The summed E-state index contributed by atoms with van der Waals surface area (Å²) >= 11 is 0. The fraction of sp³-hybridized carbons (Fsp3) is 0.750. The maximum Gasteiger partial charge on any atom is 0.490 e. The minimum atomic E-state index is -4.94. The van der Waals surface area contributed by atoms with E-state index in [1.165, 1.54) is 0 Å². The largest absolute Gasteiger partial charge is 0.490 e. The van der Waals surface area contributed by atoms with E-state index in [0.717, 1.165) is 25.7 Å². The minimum absolute atomic E-state index is 0.194. The first-order valence-electron chi connectivity index (χ1n) is 5.83. The Kier molecular flexibility index (Phi) is 5.48. The maximum absolute atomic E-state index is 11.8. The summed E-state index contributed by atoms with van der Waals surface area (Å²) in [6.45, 7) is -0.496. The Hall–Kier alpha value is -1.22. The van der Waals surface area contributed by atoms with E-state index in [1.54, 1.807) is 0 Å². The molecule has 1 aliphatic carbocycles. The summed E-state index contributed by atoms with van der Waals surface area (Å²) in [5.74, 6) is 3.34. The molecule has 0 heterocycles. The molecule has 0 amide bonds. The quantitative estimate of drug-likeness (QED) is 0.610. The lowest BCUT2D eigenvalue weighted by molar-refractivity contribution is -0.198. The van der Waals surface area contributed by atoms with Crippen molar-refractivity contribution in [1.29, 1.82) is 0 Å². The van der Waals surface area contributed by atoms with Crippen LogP contribution < -0.4 is 5.32 Å². The first-order chi connectivity index (χ1) is 8.43. The molecule has 0 aromatic rings. The molecule has 0 atom stereocenters. The van der Waals surface area contributed by atoms with Crippen LogP contribution in [-0.4, -0.2) is 31.8 Å². The van der Waals surface area contributed by atoms with Crippen LogP contribution >= 0.6 is 0 Å². The van der Waals surface area contributed by atoms with E-state index in [1.807, 2.05) is 7.05 Å². The molecule has 1 N–H and O–H groups in total. The van der Waals surface area contributed by atoms with Gasteiger partial charge in [0, 0.05) is 12.0 Å². The van der Waals surface area contributed by atoms with Gasteiger partial charge in [0.05, 0.1) is 0 Å². The number of carbonyl (C=O) groups excluding carboxylic acids is 1. The number of esters is 1.